The monoisotopic (exact) mass is 282 g/mol. The van der Waals surface area contributed by atoms with E-state index in [1.54, 1.807) is 19.1 Å². The molecular formula is C14H19FN2O3. The van der Waals surface area contributed by atoms with Gasteiger partial charge in [-0.15, -0.1) is 0 Å². The van der Waals surface area contributed by atoms with Crippen LogP contribution in [0.5, 0.6) is 0 Å². The average molecular weight is 282 g/mol. The van der Waals surface area contributed by atoms with Crippen LogP contribution in [0.4, 0.5) is 14.9 Å². The van der Waals surface area contributed by atoms with Crippen molar-refractivity contribution in [1.29, 1.82) is 0 Å². The van der Waals surface area contributed by atoms with Crippen molar-refractivity contribution >= 4 is 17.7 Å². The summed E-state index contributed by atoms with van der Waals surface area (Å²) in [6.45, 7) is 1.79. The predicted octanol–water partition coefficient (Wildman–Crippen LogP) is 2.61. The second-order valence-corrected chi connectivity index (χ2v) is 4.65. The molecule has 0 aliphatic heterocycles. The van der Waals surface area contributed by atoms with Crippen molar-refractivity contribution in [2.45, 2.75) is 32.2 Å². The number of benzene rings is 1. The number of rotatable bonds is 6. The SMILES string of the molecule is CC(CCCC(=O)O)NC(=O)N(C)c1ccccc1F. The average Bonchev–Trinajstić information content (AvgIpc) is 2.38. The van der Waals surface area contributed by atoms with Gasteiger partial charge in [0.2, 0.25) is 0 Å². The first kappa shape index (κ1) is 15.9. The smallest absolute Gasteiger partial charge is 0.321 e. The number of halogens is 1. The first-order chi connectivity index (χ1) is 9.41. The molecule has 1 aromatic rings. The van der Waals surface area contributed by atoms with E-state index in [0.29, 0.717) is 12.8 Å². The van der Waals surface area contributed by atoms with Crippen LogP contribution in [0.25, 0.3) is 0 Å². The highest BCUT2D eigenvalue weighted by Crippen LogP contribution is 2.17. The van der Waals surface area contributed by atoms with Gasteiger partial charge in [-0.05, 0) is 31.9 Å². The van der Waals surface area contributed by atoms with Crippen molar-refractivity contribution < 1.29 is 19.1 Å². The Bertz CT molecular complexity index is 479. The Balaban J connectivity index is 2.49. The Kier molecular flexibility index (Phi) is 5.96. The highest BCUT2D eigenvalue weighted by atomic mass is 19.1. The number of para-hydroxylation sites is 1. The fraction of sp³-hybridized carbons (Fsp3) is 0.429. The van der Waals surface area contributed by atoms with Gasteiger partial charge in [-0.1, -0.05) is 12.1 Å². The number of amides is 2. The number of hydrogen-bond acceptors (Lipinski definition) is 2. The molecule has 1 aromatic carbocycles. The summed E-state index contributed by atoms with van der Waals surface area (Å²) in [5.74, 6) is -1.32. The minimum atomic E-state index is -0.855. The number of aliphatic carboxylic acids is 1. The lowest BCUT2D eigenvalue weighted by molar-refractivity contribution is -0.137. The summed E-state index contributed by atoms with van der Waals surface area (Å²) >= 11 is 0. The van der Waals surface area contributed by atoms with E-state index in [2.05, 4.69) is 5.32 Å². The number of anilines is 1. The number of carbonyl (C=O) groups is 2. The molecule has 2 amide bonds. The first-order valence-electron chi connectivity index (χ1n) is 6.42. The van der Waals surface area contributed by atoms with Crippen LogP contribution < -0.4 is 10.2 Å². The van der Waals surface area contributed by atoms with Crippen molar-refractivity contribution in [3.05, 3.63) is 30.1 Å². The van der Waals surface area contributed by atoms with Crippen molar-refractivity contribution in [2.24, 2.45) is 0 Å². The molecule has 1 atom stereocenters. The fourth-order valence-corrected chi connectivity index (χ4v) is 1.77. The Morgan fingerprint density at radius 1 is 1.40 bits per heavy atom. The third kappa shape index (κ3) is 4.87. The summed E-state index contributed by atoms with van der Waals surface area (Å²) in [4.78, 5) is 23.5. The standard InChI is InChI=1S/C14H19FN2O3/c1-10(6-5-9-13(18)19)16-14(20)17(2)12-8-4-3-7-11(12)15/h3-4,7-8,10H,5-6,9H2,1-2H3,(H,16,20)(H,18,19). The molecule has 0 aromatic heterocycles. The van der Waals surface area contributed by atoms with Crippen LogP contribution in [0, 0.1) is 5.82 Å². The van der Waals surface area contributed by atoms with Gasteiger partial charge in [0.15, 0.2) is 0 Å². The lowest BCUT2D eigenvalue weighted by Gasteiger charge is -2.21. The molecule has 0 fully saturated rings. The van der Waals surface area contributed by atoms with Gasteiger partial charge in [0.1, 0.15) is 5.82 Å². The molecule has 5 nitrogen and oxygen atoms in total. The summed E-state index contributed by atoms with van der Waals surface area (Å²) in [5, 5.41) is 11.2. The first-order valence-corrected chi connectivity index (χ1v) is 6.42. The topological polar surface area (TPSA) is 69.6 Å². The second-order valence-electron chi connectivity index (χ2n) is 4.65. The Morgan fingerprint density at radius 3 is 2.65 bits per heavy atom. The van der Waals surface area contributed by atoms with Gasteiger partial charge in [-0.25, -0.2) is 9.18 Å². The maximum Gasteiger partial charge on any atom is 0.321 e. The van der Waals surface area contributed by atoms with Gasteiger partial charge in [-0.2, -0.15) is 0 Å². The van der Waals surface area contributed by atoms with E-state index in [0.717, 1.165) is 0 Å². The van der Waals surface area contributed by atoms with Crippen molar-refractivity contribution in [1.82, 2.24) is 5.32 Å². The van der Waals surface area contributed by atoms with E-state index in [9.17, 15) is 14.0 Å². The summed E-state index contributed by atoms with van der Waals surface area (Å²) in [5.41, 5.74) is 0.197. The molecule has 2 N–H and O–H groups in total. The van der Waals surface area contributed by atoms with E-state index in [4.69, 9.17) is 5.11 Å². The molecule has 1 rings (SSSR count). The van der Waals surface area contributed by atoms with E-state index < -0.39 is 17.8 Å². The van der Waals surface area contributed by atoms with Gasteiger partial charge >= 0.3 is 12.0 Å². The van der Waals surface area contributed by atoms with Gasteiger partial charge in [0.25, 0.3) is 0 Å². The molecule has 110 valence electrons. The Hall–Kier alpha value is -2.11. The zero-order chi connectivity index (χ0) is 15.1. The van der Waals surface area contributed by atoms with Crippen LogP contribution in [0.15, 0.2) is 24.3 Å². The molecule has 6 heteroatoms. The third-order valence-electron chi connectivity index (χ3n) is 2.92. The minimum Gasteiger partial charge on any atom is -0.481 e. The summed E-state index contributed by atoms with van der Waals surface area (Å²) in [6.07, 6.45) is 1.12. The fourth-order valence-electron chi connectivity index (χ4n) is 1.77. The molecule has 0 aliphatic carbocycles. The third-order valence-corrected chi connectivity index (χ3v) is 2.92. The lowest BCUT2D eigenvalue weighted by Crippen LogP contribution is -2.42. The quantitative estimate of drug-likeness (QED) is 0.842. The van der Waals surface area contributed by atoms with Crippen LogP contribution >= 0.6 is 0 Å². The maximum absolute atomic E-state index is 13.5. The van der Waals surface area contributed by atoms with Crippen LogP contribution in [-0.4, -0.2) is 30.2 Å². The zero-order valence-electron chi connectivity index (χ0n) is 11.6. The molecule has 0 bridgehead atoms. The number of carboxylic acids is 1. The molecule has 0 saturated carbocycles. The minimum absolute atomic E-state index is 0.0728. The molecule has 0 spiro atoms. The second kappa shape index (κ2) is 7.47. The molecule has 0 radical (unpaired) electrons. The number of carboxylic acid groups (broad SMARTS) is 1. The Labute approximate surface area is 117 Å². The summed E-state index contributed by atoms with van der Waals surface area (Å²) in [7, 11) is 1.48. The van der Waals surface area contributed by atoms with E-state index in [1.165, 1.54) is 24.1 Å². The molecular weight excluding hydrogens is 263 g/mol. The number of hydrogen-bond donors (Lipinski definition) is 2. The van der Waals surface area contributed by atoms with Crippen molar-refractivity contribution in [3.8, 4) is 0 Å². The number of carbonyl (C=O) groups excluding carboxylic acids is 1. The lowest BCUT2D eigenvalue weighted by atomic mass is 10.1. The van der Waals surface area contributed by atoms with Gasteiger partial charge in [0, 0.05) is 19.5 Å². The normalized spacial score (nSPS) is 11.8. The summed E-state index contributed by atoms with van der Waals surface area (Å²) < 4.78 is 13.5. The zero-order valence-corrected chi connectivity index (χ0v) is 11.6. The molecule has 1 unspecified atom stereocenters. The van der Waals surface area contributed by atoms with Crippen LogP contribution in [0.3, 0.4) is 0 Å². The highest BCUT2D eigenvalue weighted by molar-refractivity contribution is 5.91. The van der Waals surface area contributed by atoms with E-state index in [1.807, 2.05) is 0 Å². The number of urea groups is 1. The number of nitrogens with zero attached hydrogens (tertiary/aromatic N) is 1. The Morgan fingerprint density at radius 2 is 2.05 bits per heavy atom. The molecule has 0 heterocycles. The molecule has 0 saturated heterocycles. The van der Waals surface area contributed by atoms with Crippen molar-refractivity contribution in [2.75, 3.05) is 11.9 Å². The van der Waals surface area contributed by atoms with Gasteiger partial charge in [0.05, 0.1) is 5.69 Å². The molecule has 20 heavy (non-hydrogen) atoms. The molecule has 0 aliphatic rings. The summed E-state index contributed by atoms with van der Waals surface area (Å²) in [6, 6.07) is 5.42. The van der Waals surface area contributed by atoms with Crippen LogP contribution in [0.2, 0.25) is 0 Å². The van der Waals surface area contributed by atoms with Crippen LogP contribution in [0.1, 0.15) is 26.2 Å². The van der Waals surface area contributed by atoms with Gasteiger partial charge < -0.3 is 10.4 Å². The van der Waals surface area contributed by atoms with Crippen LogP contribution in [-0.2, 0) is 4.79 Å². The largest absolute Gasteiger partial charge is 0.481 e. The highest BCUT2D eigenvalue weighted by Gasteiger charge is 2.16. The van der Waals surface area contributed by atoms with Crippen molar-refractivity contribution in [3.63, 3.8) is 0 Å². The maximum atomic E-state index is 13.5. The number of nitrogens with one attached hydrogen (secondary N) is 1. The van der Waals surface area contributed by atoms with Gasteiger partial charge in [-0.3, -0.25) is 9.69 Å². The predicted molar refractivity (Wildman–Crippen MR) is 74.3 cm³/mol. The van der Waals surface area contributed by atoms with E-state index in [-0.39, 0.29) is 18.2 Å². The van der Waals surface area contributed by atoms with E-state index >= 15 is 0 Å².